The second-order valence-corrected chi connectivity index (χ2v) is 6.73. The molecule has 26 heavy (non-hydrogen) atoms. The topological polar surface area (TPSA) is 52.5 Å². The van der Waals surface area contributed by atoms with E-state index < -0.39 is 0 Å². The molecule has 0 unspecified atom stereocenters. The van der Waals surface area contributed by atoms with Crippen molar-refractivity contribution in [1.29, 1.82) is 0 Å². The summed E-state index contributed by atoms with van der Waals surface area (Å²) in [6.07, 6.45) is 1.93. The van der Waals surface area contributed by atoms with Gasteiger partial charge in [0.05, 0.1) is 20.3 Å². The number of carbonyl (C=O) groups is 1. The second kappa shape index (κ2) is 8.58. The maximum atomic E-state index is 12.6. The van der Waals surface area contributed by atoms with Crippen molar-refractivity contribution in [2.45, 2.75) is 20.0 Å². The number of thiophene rings is 1. The number of aromatic nitrogens is 1. The molecule has 3 aromatic rings. The average Bonchev–Trinajstić information content (AvgIpc) is 3.33. The lowest BCUT2D eigenvalue weighted by molar-refractivity contribution is 0.0942. The van der Waals surface area contributed by atoms with Crippen LogP contribution in [-0.2, 0) is 13.1 Å². The monoisotopic (exact) mass is 370 g/mol. The summed E-state index contributed by atoms with van der Waals surface area (Å²) in [4.78, 5) is 13.8. The molecule has 2 heterocycles. The average molecular weight is 370 g/mol. The minimum atomic E-state index is -0.0978. The summed E-state index contributed by atoms with van der Waals surface area (Å²) >= 11 is 1.68. The van der Waals surface area contributed by atoms with E-state index in [-0.39, 0.29) is 5.91 Å². The van der Waals surface area contributed by atoms with Gasteiger partial charge in [-0.1, -0.05) is 12.1 Å². The van der Waals surface area contributed by atoms with Gasteiger partial charge in [0.25, 0.3) is 5.91 Å². The van der Waals surface area contributed by atoms with E-state index in [1.54, 1.807) is 18.4 Å². The van der Waals surface area contributed by atoms with Crippen LogP contribution in [0.25, 0.3) is 0 Å². The lowest BCUT2D eigenvalue weighted by Gasteiger charge is -2.12. The second-order valence-electron chi connectivity index (χ2n) is 5.70. The maximum absolute atomic E-state index is 12.6. The van der Waals surface area contributed by atoms with Gasteiger partial charge in [0.2, 0.25) is 0 Å². The maximum Gasteiger partial charge on any atom is 0.268 e. The fourth-order valence-electron chi connectivity index (χ4n) is 2.70. The molecule has 1 aromatic carbocycles. The molecular formula is C20H22N2O3S. The highest BCUT2D eigenvalue weighted by Crippen LogP contribution is 2.28. The van der Waals surface area contributed by atoms with Crippen LogP contribution in [0.5, 0.6) is 11.5 Å². The van der Waals surface area contributed by atoms with Gasteiger partial charge in [-0.25, -0.2) is 0 Å². The van der Waals surface area contributed by atoms with Gasteiger partial charge in [-0.05, 0) is 48.2 Å². The van der Waals surface area contributed by atoms with Crippen molar-refractivity contribution < 1.29 is 14.3 Å². The molecule has 0 saturated heterocycles. The minimum absolute atomic E-state index is 0.0978. The van der Waals surface area contributed by atoms with Crippen LogP contribution in [0.2, 0.25) is 0 Å². The first-order valence-corrected chi connectivity index (χ1v) is 9.34. The Hall–Kier alpha value is -2.73. The molecule has 0 aliphatic rings. The minimum Gasteiger partial charge on any atom is -0.493 e. The molecule has 136 valence electrons. The quantitative estimate of drug-likeness (QED) is 0.653. The summed E-state index contributed by atoms with van der Waals surface area (Å²) in [5.74, 6) is 1.27. The molecule has 0 aliphatic carbocycles. The Labute approximate surface area is 157 Å². The summed E-state index contributed by atoms with van der Waals surface area (Å²) in [6, 6.07) is 13.5. The number of hydrogen-bond acceptors (Lipinski definition) is 4. The van der Waals surface area contributed by atoms with Gasteiger partial charge in [-0.3, -0.25) is 4.79 Å². The number of ether oxygens (including phenoxy) is 2. The molecular weight excluding hydrogens is 348 g/mol. The molecule has 0 spiro atoms. The van der Waals surface area contributed by atoms with E-state index in [0.29, 0.717) is 36.9 Å². The smallest absolute Gasteiger partial charge is 0.268 e. The number of nitrogens with one attached hydrogen (secondary N) is 1. The number of carbonyl (C=O) groups excluding carboxylic acids is 1. The summed E-state index contributed by atoms with van der Waals surface area (Å²) in [5.41, 5.74) is 1.60. The van der Waals surface area contributed by atoms with E-state index in [1.165, 1.54) is 4.88 Å². The summed E-state index contributed by atoms with van der Waals surface area (Å²) in [6.45, 7) is 3.63. The number of benzene rings is 1. The summed E-state index contributed by atoms with van der Waals surface area (Å²) in [5, 5.41) is 5.01. The van der Waals surface area contributed by atoms with Crippen LogP contribution in [0.1, 0.15) is 27.9 Å². The van der Waals surface area contributed by atoms with Crippen LogP contribution in [0.4, 0.5) is 0 Å². The van der Waals surface area contributed by atoms with Gasteiger partial charge in [0.1, 0.15) is 5.69 Å². The number of nitrogens with zero attached hydrogens (tertiary/aromatic N) is 1. The normalized spacial score (nSPS) is 10.5. The largest absolute Gasteiger partial charge is 0.493 e. The Bertz CT molecular complexity index is 856. The van der Waals surface area contributed by atoms with E-state index in [2.05, 4.69) is 11.4 Å². The highest BCUT2D eigenvalue weighted by atomic mass is 32.1. The Kier molecular flexibility index (Phi) is 5.96. The zero-order chi connectivity index (χ0) is 18.4. The molecule has 3 rings (SSSR count). The third-order valence-electron chi connectivity index (χ3n) is 3.95. The number of hydrogen-bond donors (Lipinski definition) is 1. The fraction of sp³-hybridized carbons (Fsp3) is 0.250. The first kappa shape index (κ1) is 18.1. The van der Waals surface area contributed by atoms with Gasteiger partial charge in [0.15, 0.2) is 11.5 Å². The molecule has 0 bridgehead atoms. The number of amides is 1. The molecule has 2 aromatic heterocycles. The molecule has 0 saturated carbocycles. The molecule has 1 amide bonds. The Morgan fingerprint density at radius 3 is 2.81 bits per heavy atom. The van der Waals surface area contributed by atoms with Crippen LogP contribution in [0.15, 0.2) is 54.0 Å². The van der Waals surface area contributed by atoms with Gasteiger partial charge in [-0.15, -0.1) is 11.3 Å². The lowest BCUT2D eigenvalue weighted by Crippen LogP contribution is -2.25. The van der Waals surface area contributed by atoms with E-state index in [1.807, 2.05) is 59.5 Å². The molecule has 0 radical (unpaired) electrons. The third-order valence-corrected chi connectivity index (χ3v) is 4.81. The number of rotatable bonds is 8. The van der Waals surface area contributed by atoms with Crippen molar-refractivity contribution in [1.82, 2.24) is 9.88 Å². The summed E-state index contributed by atoms with van der Waals surface area (Å²) in [7, 11) is 1.61. The van der Waals surface area contributed by atoms with Gasteiger partial charge >= 0.3 is 0 Å². The molecule has 0 aliphatic heterocycles. The van der Waals surface area contributed by atoms with Crippen molar-refractivity contribution in [3.8, 4) is 11.5 Å². The van der Waals surface area contributed by atoms with Gasteiger partial charge < -0.3 is 19.4 Å². The standard InChI is InChI=1S/C20H22N2O3S/c1-3-25-18-9-8-15(12-19(18)24-2)13-21-20(23)17-7-4-10-22(17)14-16-6-5-11-26-16/h4-12H,3,13-14H2,1-2H3,(H,21,23). The van der Waals surface area contributed by atoms with E-state index in [0.717, 1.165) is 5.56 Å². The third kappa shape index (κ3) is 4.26. The Morgan fingerprint density at radius 1 is 1.19 bits per heavy atom. The molecule has 0 fully saturated rings. The predicted molar refractivity (Wildman–Crippen MR) is 103 cm³/mol. The van der Waals surface area contributed by atoms with Crippen molar-refractivity contribution >= 4 is 17.2 Å². The Morgan fingerprint density at radius 2 is 2.08 bits per heavy atom. The lowest BCUT2D eigenvalue weighted by atomic mass is 10.2. The van der Waals surface area contributed by atoms with Crippen LogP contribution in [-0.4, -0.2) is 24.2 Å². The zero-order valence-electron chi connectivity index (χ0n) is 14.9. The first-order chi connectivity index (χ1) is 12.7. The molecule has 5 nitrogen and oxygen atoms in total. The van der Waals surface area contributed by atoms with E-state index in [4.69, 9.17) is 9.47 Å². The fourth-order valence-corrected chi connectivity index (χ4v) is 3.40. The first-order valence-electron chi connectivity index (χ1n) is 8.46. The number of methoxy groups -OCH3 is 1. The van der Waals surface area contributed by atoms with E-state index in [9.17, 15) is 4.79 Å². The van der Waals surface area contributed by atoms with Crippen LogP contribution < -0.4 is 14.8 Å². The van der Waals surface area contributed by atoms with Crippen molar-refractivity contribution in [3.05, 3.63) is 70.2 Å². The molecule has 6 heteroatoms. The SMILES string of the molecule is CCOc1ccc(CNC(=O)c2cccn2Cc2cccs2)cc1OC. The van der Waals surface area contributed by atoms with Crippen molar-refractivity contribution in [2.75, 3.05) is 13.7 Å². The molecule has 1 N–H and O–H groups in total. The van der Waals surface area contributed by atoms with Crippen molar-refractivity contribution in [3.63, 3.8) is 0 Å². The van der Waals surface area contributed by atoms with Gasteiger partial charge in [0, 0.05) is 17.6 Å². The predicted octanol–water partition coefficient (Wildman–Crippen LogP) is 3.94. The van der Waals surface area contributed by atoms with Crippen molar-refractivity contribution in [2.24, 2.45) is 0 Å². The van der Waals surface area contributed by atoms with Gasteiger partial charge in [-0.2, -0.15) is 0 Å². The molecule has 0 atom stereocenters. The van der Waals surface area contributed by atoms with Crippen LogP contribution >= 0.6 is 11.3 Å². The summed E-state index contributed by atoms with van der Waals surface area (Å²) < 4.78 is 12.8. The van der Waals surface area contributed by atoms with Crippen LogP contribution in [0, 0.1) is 0 Å². The highest BCUT2D eigenvalue weighted by Gasteiger charge is 2.12. The highest BCUT2D eigenvalue weighted by molar-refractivity contribution is 7.09. The van der Waals surface area contributed by atoms with Crippen LogP contribution in [0.3, 0.4) is 0 Å². The van der Waals surface area contributed by atoms with E-state index >= 15 is 0 Å². The Balaban J connectivity index is 1.65. The zero-order valence-corrected chi connectivity index (χ0v) is 15.7.